The predicted molar refractivity (Wildman–Crippen MR) is 74.1 cm³/mol. The van der Waals surface area contributed by atoms with Crippen molar-refractivity contribution in [2.45, 2.75) is 19.3 Å². The number of aromatic nitrogens is 3. The summed E-state index contributed by atoms with van der Waals surface area (Å²) < 4.78 is 5.09. The molecule has 1 aliphatic rings. The van der Waals surface area contributed by atoms with Crippen molar-refractivity contribution >= 4 is 5.91 Å². The molecule has 0 spiro atoms. The van der Waals surface area contributed by atoms with Gasteiger partial charge in [-0.15, -0.1) is 0 Å². The Labute approximate surface area is 119 Å². The maximum atomic E-state index is 12.1. The first-order valence-corrected chi connectivity index (χ1v) is 7.13. The number of amides is 1. The van der Waals surface area contributed by atoms with Gasteiger partial charge in [0.1, 0.15) is 0 Å². The largest absolute Gasteiger partial charge is 0.383 e. The quantitative estimate of drug-likeness (QED) is 0.724. The second kappa shape index (κ2) is 7.96. The fourth-order valence-electron chi connectivity index (χ4n) is 2.50. The third-order valence-corrected chi connectivity index (χ3v) is 3.63. The van der Waals surface area contributed by atoms with E-state index in [0.717, 1.165) is 44.8 Å². The Kier molecular flexibility index (Phi) is 5.94. The molecule has 0 radical (unpaired) electrons. The van der Waals surface area contributed by atoms with Gasteiger partial charge in [-0.3, -0.25) is 4.79 Å². The van der Waals surface area contributed by atoms with Gasteiger partial charge in [-0.2, -0.15) is 15.4 Å². The van der Waals surface area contributed by atoms with E-state index < -0.39 is 0 Å². The molecule has 2 rings (SSSR count). The van der Waals surface area contributed by atoms with Crippen molar-refractivity contribution in [3.05, 3.63) is 11.9 Å². The van der Waals surface area contributed by atoms with E-state index in [-0.39, 0.29) is 11.8 Å². The van der Waals surface area contributed by atoms with Crippen molar-refractivity contribution in [1.82, 2.24) is 25.6 Å². The standard InChI is InChI=1S/C13H23N5O2/c1-20-8-7-18-6-2-3-11(10-18)13(19)14-5-4-12-9-15-17-16-12/h9,11H,2-8,10H2,1H3,(H,14,19)(H,15,16,17). The minimum atomic E-state index is 0.0953. The Balaban J connectivity index is 1.68. The highest BCUT2D eigenvalue weighted by Gasteiger charge is 2.25. The van der Waals surface area contributed by atoms with Crippen molar-refractivity contribution in [2.75, 3.05) is 39.9 Å². The molecule has 1 saturated heterocycles. The SMILES string of the molecule is COCCN1CCCC(C(=O)NCCc2cn[nH]n2)C1. The van der Waals surface area contributed by atoms with Crippen LogP contribution in [0.2, 0.25) is 0 Å². The third-order valence-electron chi connectivity index (χ3n) is 3.63. The van der Waals surface area contributed by atoms with Crippen LogP contribution in [-0.2, 0) is 16.0 Å². The fraction of sp³-hybridized carbons (Fsp3) is 0.769. The van der Waals surface area contributed by atoms with E-state index in [1.165, 1.54) is 0 Å². The lowest BCUT2D eigenvalue weighted by molar-refractivity contribution is -0.126. The molecule has 112 valence electrons. The van der Waals surface area contributed by atoms with Gasteiger partial charge in [0.15, 0.2) is 0 Å². The molecule has 1 fully saturated rings. The van der Waals surface area contributed by atoms with E-state index >= 15 is 0 Å². The number of likely N-dealkylation sites (tertiary alicyclic amines) is 1. The zero-order valence-corrected chi connectivity index (χ0v) is 12.0. The van der Waals surface area contributed by atoms with Crippen molar-refractivity contribution < 1.29 is 9.53 Å². The number of ether oxygens (including phenoxy) is 1. The second-order valence-electron chi connectivity index (χ2n) is 5.13. The van der Waals surface area contributed by atoms with Gasteiger partial charge in [-0.05, 0) is 19.4 Å². The molecule has 0 saturated carbocycles. The minimum Gasteiger partial charge on any atom is -0.383 e. The molecule has 1 aliphatic heterocycles. The van der Waals surface area contributed by atoms with Gasteiger partial charge in [0.2, 0.25) is 5.91 Å². The number of rotatable bonds is 7. The average molecular weight is 281 g/mol. The van der Waals surface area contributed by atoms with Gasteiger partial charge in [0, 0.05) is 33.2 Å². The lowest BCUT2D eigenvalue weighted by Gasteiger charge is -2.31. The van der Waals surface area contributed by atoms with Gasteiger partial charge in [0.25, 0.3) is 0 Å². The Bertz CT molecular complexity index is 395. The molecule has 0 aromatic carbocycles. The van der Waals surface area contributed by atoms with E-state index in [1.54, 1.807) is 13.3 Å². The summed E-state index contributed by atoms with van der Waals surface area (Å²) in [4.78, 5) is 14.4. The summed E-state index contributed by atoms with van der Waals surface area (Å²) in [6.07, 6.45) is 4.44. The van der Waals surface area contributed by atoms with Crippen LogP contribution in [0.3, 0.4) is 0 Å². The molecule has 2 heterocycles. The number of hydrogen-bond acceptors (Lipinski definition) is 5. The van der Waals surface area contributed by atoms with Gasteiger partial charge in [-0.25, -0.2) is 0 Å². The van der Waals surface area contributed by atoms with Crippen LogP contribution in [0.15, 0.2) is 6.20 Å². The Morgan fingerprint density at radius 2 is 2.55 bits per heavy atom. The van der Waals surface area contributed by atoms with Crippen LogP contribution >= 0.6 is 0 Å². The summed E-state index contributed by atoms with van der Waals surface area (Å²) in [5.74, 6) is 0.244. The first kappa shape index (κ1) is 14.9. The molecule has 7 nitrogen and oxygen atoms in total. The van der Waals surface area contributed by atoms with Gasteiger partial charge in [0.05, 0.1) is 24.4 Å². The second-order valence-corrected chi connectivity index (χ2v) is 5.13. The Morgan fingerprint density at radius 3 is 3.30 bits per heavy atom. The maximum Gasteiger partial charge on any atom is 0.224 e. The van der Waals surface area contributed by atoms with Crippen LogP contribution < -0.4 is 5.32 Å². The number of hydrogen-bond donors (Lipinski definition) is 2. The van der Waals surface area contributed by atoms with Crippen LogP contribution in [0.4, 0.5) is 0 Å². The normalized spacial score (nSPS) is 19.9. The molecule has 1 aromatic heterocycles. The van der Waals surface area contributed by atoms with Crippen molar-refractivity contribution in [3.8, 4) is 0 Å². The van der Waals surface area contributed by atoms with Crippen LogP contribution in [0.5, 0.6) is 0 Å². The van der Waals surface area contributed by atoms with Crippen LogP contribution in [0.25, 0.3) is 0 Å². The molecular formula is C13H23N5O2. The number of carbonyl (C=O) groups excluding carboxylic acids is 1. The summed E-state index contributed by atoms with van der Waals surface area (Å²) in [6, 6.07) is 0. The molecule has 0 bridgehead atoms. The average Bonchev–Trinajstić information content (AvgIpc) is 2.98. The molecule has 2 N–H and O–H groups in total. The molecular weight excluding hydrogens is 258 g/mol. The van der Waals surface area contributed by atoms with E-state index in [1.807, 2.05) is 0 Å². The molecule has 0 aliphatic carbocycles. The summed E-state index contributed by atoms with van der Waals surface area (Å²) in [6.45, 7) is 4.13. The Morgan fingerprint density at radius 1 is 1.65 bits per heavy atom. The fourth-order valence-corrected chi connectivity index (χ4v) is 2.50. The smallest absolute Gasteiger partial charge is 0.224 e. The summed E-state index contributed by atoms with van der Waals surface area (Å²) in [5, 5.41) is 13.3. The number of H-pyrrole nitrogens is 1. The van der Waals surface area contributed by atoms with Gasteiger partial charge >= 0.3 is 0 Å². The zero-order chi connectivity index (χ0) is 14.2. The highest BCUT2D eigenvalue weighted by atomic mass is 16.5. The summed E-state index contributed by atoms with van der Waals surface area (Å²) in [7, 11) is 1.71. The van der Waals surface area contributed by atoms with Crippen LogP contribution in [-0.4, -0.2) is 66.1 Å². The number of methoxy groups -OCH3 is 1. The molecule has 20 heavy (non-hydrogen) atoms. The van der Waals surface area contributed by atoms with Crippen molar-refractivity contribution in [1.29, 1.82) is 0 Å². The van der Waals surface area contributed by atoms with Crippen LogP contribution in [0.1, 0.15) is 18.5 Å². The molecule has 7 heteroatoms. The molecule has 1 amide bonds. The summed E-state index contributed by atoms with van der Waals surface area (Å²) in [5.41, 5.74) is 0.871. The number of piperidine rings is 1. The highest BCUT2D eigenvalue weighted by Crippen LogP contribution is 2.16. The number of aromatic amines is 1. The third kappa shape index (κ3) is 4.57. The Hall–Kier alpha value is -1.47. The van der Waals surface area contributed by atoms with E-state index in [0.29, 0.717) is 13.0 Å². The van der Waals surface area contributed by atoms with Crippen LogP contribution in [0, 0.1) is 5.92 Å². The summed E-state index contributed by atoms with van der Waals surface area (Å²) >= 11 is 0. The lowest BCUT2D eigenvalue weighted by atomic mass is 9.97. The van der Waals surface area contributed by atoms with E-state index in [2.05, 4.69) is 25.6 Å². The molecule has 1 unspecified atom stereocenters. The van der Waals surface area contributed by atoms with Gasteiger partial charge < -0.3 is 15.0 Å². The number of nitrogens with zero attached hydrogens (tertiary/aromatic N) is 3. The predicted octanol–water partition coefficient (Wildman–Crippen LogP) is -0.178. The lowest BCUT2D eigenvalue weighted by Crippen LogP contribution is -2.44. The van der Waals surface area contributed by atoms with E-state index in [9.17, 15) is 4.79 Å². The first-order chi connectivity index (χ1) is 9.79. The number of carbonyl (C=O) groups is 1. The first-order valence-electron chi connectivity index (χ1n) is 7.13. The highest BCUT2D eigenvalue weighted by molar-refractivity contribution is 5.78. The maximum absolute atomic E-state index is 12.1. The van der Waals surface area contributed by atoms with Crippen molar-refractivity contribution in [3.63, 3.8) is 0 Å². The van der Waals surface area contributed by atoms with E-state index in [4.69, 9.17) is 4.74 Å². The topological polar surface area (TPSA) is 83.1 Å². The molecule has 1 atom stereocenters. The van der Waals surface area contributed by atoms with Gasteiger partial charge in [-0.1, -0.05) is 0 Å². The minimum absolute atomic E-state index is 0.0953. The molecule has 1 aromatic rings. The number of nitrogens with one attached hydrogen (secondary N) is 2. The monoisotopic (exact) mass is 281 g/mol. The zero-order valence-electron chi connectivity index (χ0n) is 12.0. The van der Waals surface area contributed by atoms with Crippen molar-refractivity contribution in [2.24, 2.45) is 5.92 Å².